The lowest BCUT2D eigenvalue weighted by Gasteiger charge is -2.38. The third-order valence-corrected chi connectivity index (χ3v) is 5.08. The van der Waals surface area contributed by atoms with Gasteiger partial charge in [0.25, 0.3) is 0 Å². The van der Waals surface area contributed by atoms with Crippen molar-refractivity contribution >= 4 is 11.9 Å². The fourth-order valence-electron chi connectivity index (χ4n) is 3.26. The minimum Gasteiger partial charge on any atom is -0.494 e. The first-order chi connectivity index (χ1) is 13.0. The number of benzene rings is 1. The summed E-state index contributed by atoms with van der Waals surface area (Å²) in [4.78, 5) is 12.9. The molecule has 0 amide bonds. The molecule has 0 radical (unpaired) electrons. The number of carbonyl (C=O) groups is 1. The number of rotatable bonds is 5. The Morgan fingerprint density at radius 1 is 1.36 bits per heavy atom. The van der Waals surface area contributed by atoms with Gasteiger partial charge in [0.05, 0.1) is 23.0 Å². The van der Waals surface area contributed by atoms with E-state index in [1.165, 1.54) is 6.92 Å². The van der Waals surface area contributed by atoms with Gasteiger partial charge in [0.1, 0.15) is 23.7 Å². The number of hydrogen-bond acceptors (Lipinski definition) is 6. The first kappa shape index (κ1) is 20.4. The lowest BCUT2D eigenvalue weighted by atomic mass is 9.85. The molecule has 6 heteroatoms. The summed E-state index contributed by atoms with van der Waals surface area (Å²) in [5.74, 6) is 1.30. The topological polar surface area (TPSA) is 74.2 Å². The second-order valence-electron chi connectivity index (χ2n) is 8.01. The van der Waals surface area contributed by atoms with Crippen molar-refractivity contribution in [2.45, 2.75) is 58.0 Å². The minimum absolute atomic E-state index is 0.0245. The van der Waals surface area contributed by atoms with Gasteiger partial charge in [0.15, 0.2) is 11.7 Å². The molecular weight excluding hydrogens is 360 g/mol. The molecule has 3 atom stereocenters. The maximum absolute atomic E-state index is 12.9. The monoisotopic (exact) mass is 388 g/mol. The number of hydrogen-bond donors (Lipinski definition) is 1. The summed E-state index contributed by atoms with van der Waals surface area (Å²) in [6, 6.07) is 3.38. The highest BCUT2D eigenvalue weighted by Gasteiger charge is 2.48. The summed E-state index contributed by atoms with van der Waals surface area (Å²) in [6.07, 6.45) is 4.67. The highest BCUT2D eigenvalue weighted by atomic mass is 16.6. The normalized spacial score (nSPS) is 26.6. The van der Waals surface area contributed by atoms with Crippen LogP contribution in [-0.2, 0) is 9.47 Å². The number of aliphatic hydroxyl groups is 1. The molecule has 0 aliphatic carbocycles. The second-order valence-corrected chi connectivity index (χ2v) is 8.01. The zero-order valence-electron chi connectivity index (χ0n) is 17.2. The van der Waals surface area contributed by atoms with Crippen molar-refractivity contribution in [1.29, 1.82) is 0 Å². The van der Waals surface area contributed by atoms with Crippen LogP contribution in [0.4, 0.5) is 0 Å². The van der Waals surface area contributed by atoms with E-state index in [1.807, 2.05) is 39.0 Å². The van der Waals surface area contributed by atoms with Gasteiger partial charge >= 0.3 is 0 Å². The van der Waals surface area contributed by atoms with E-state index in [2.05, 4.69) is 0 Å². The molecule has 1 N–H and O–H groups in total. The Hall–Kier alpha value is -2.31. The molecule has 0 fully saturated rings. The Balaban J connectivity index is 1.89. The molecule has 152 valence electrons. The van der Waals surface area contributed by atoms with Crippen LogP contribution >= 0.6 is 0 Å². The zero-order valence-corrected chi connectivity index (χ0v) is 17.2. The third kappa shape index (κ3) is 3.80. The van der Waals surface area contributed by atoms with E-state index >= 15 is 0 Å². The lowest BCUT2D eigenvalue weighted by molar-refractivity contribution is -0.0613. The van der Waals surface area contributed by atoms with Crippen LogP contribution in [0.1, 0.15) is 50.5 Å². The Morgan fingerprint density at radius 3 is 2.75 bits per heavy atom. The van der Waals surface area contributed by atoms with Crippen LogP contribution in [0.3, 0.4) is 0 Å². The molecule has 0 saturated carbocycles. The fraction of sp³-hybridized carbons (Fsp3) is 0.500. The standard InChI is InChI=1S/C22H28O6/c1-13(25-6)11-14(2)26-12-18-22(5,24)20(23)16-7-8-17-15(19(16)27-18)9-10-21(3,4)28-17/h7-11,13,18,24H,12H2,1-6H3/b14-11+/t13-,18-,22-/m1/s1. The molecule has 1 aromatic rings. The number of ether oxygens (including phenoxy) is 4. The summed E-state index contributed by atoms with van der Waals surface area (Å²) in [7, 11) is 1.61. The average molecular weight is 388 g/mol. The maximum Gasteiger partial charge on any atom is 0.201 e. The van der Waals surface area contributed by atoms with Gasteiger partial charge in [-0.1, -0.05) is 0 Å². The van der Waals surface area contributed by atoms with Crippen molar-refractivity contribution in [2.24, 2.45) is 0 Å². The van der Waals surface area contributed by atoms with E-state index in [-0.39, 0.29) is 12.7 Å². The number of carbonyl (C=O) groups excluding carboxylic acids is 1. The predicted octanol–water partition coefficient (Wildman–Crippen LogP) is 3.52. The van der Waals surface area contributed by atoms with E-state index in [9.17, 15) is 9.90 Å². The molecule has 0 unspecified atom stereocenters. The number of fused-ring (bicyclic) bond motifs is 3. The van der Waals surface area contributed by atoms with Crippen LogP contribution < -0.4 is 9.47 Å². The molecular formula is C22H28O6. The molecule has 2 aliphatic heterocycles. The Labute approximate surface area is 165 Å². The number of Topliss-reactive ketones (excluding diaryl/α,β-unsaturated/α-hetero) is 1. The molecule has 0 aromatic heterocycles. The number of ketones is 1. The van der Waals surface area contributed by atoms with E-state index in [0.29, 0.717) is 28.4 Å². The van der Waals surface area contributed by atoms with E-state index in [0.717, 1.165) is 0 Å². The van der Waals surface area contributed by atoms with Gasteiger partial charge in [0, 0.05) is 7.11 Å². The zero-order chi connectivity index (χ0) is 20.7. The first-order valence-corrected chi connectivity index (χ1v) is 9.38. The van der Waals surface area contributed by atoms with Gasteiger partial charge in [-0.3, -0.25) is 4.79 Å². The highest BCUT2D eigenvalue weighted by Crippen LogP contribution is 2.43. The summed E-state index contributed by atoms with van der Waals surface area (Å²) >= 11 is 0. The molecule has 28 heavy (non-hydrogen) atoms. The van der Waals surface area contributed by atoms with Crippen LogP contribution in [0.5, 0.6) is 11.5 Å². The highest BCUT2D eigenvalue weighted by molar-refractivity contribution is 6.07. The molecule has 1 aromatic carbocycles. The van der Waals surface area contributed by atoms with Crippen molar-refractivity contribution in [2.75, 3.05) is 13.7 Å². The summed E-state index contributed by atoms with van der Waals surface area (Å²) < 4.78 is 23.0. The van der Waals surface area contributed by atoms with Crippen LogP contribution in [0.2, 0.25) is 0 Å². The van der Waals surface area contributed by atoms with Gasteiger partial charge in [-0.25, -0.2) is 0 Å². The van der Waals surface area contributed by atoms with Gasteiger partial charge in [-0.05, 0) is 65.0 Å². The average Bonchev–Trinajstić information content (AvgIpc) is 2.62. The molecule has 6 nitrogen and oxygen atoms in total. The van der Waals surface area contributed by atoms with E-state index in [4.69, 9.17) is 18.9 Å². The van der Waals surface area contributed by atoms with Crippen molar-refractivity contribution in [3.05, 3.63) is 41.2 Å². The van der Waals surface area contributed by atoms with Crippen molar-refractivity contribution < 1.29 is 28.8 Å². The fourth-order valence-corrected chi connectivity index (χ4v) is 3.26. The molecule has 0 spiro atoms. The first-order valence-electron chi connectivity index (χ1n) is 9.38. The second kappa shape index (κ2) is 7.26. The van der Waals surface area contributed by atoms with Crippen molar-refractivity contribution in [3.8, 4) is 11.5 Å². The Bertz CT molecular complexity index is 834. The molecule has 3 rings (SSSR count). The van der Waals surface area contributed by atoms with E-state index < -0.39 is 23.1 Å². The molecule has 0 bridgehead atoms. The van der Waals surface area contributed by atoms with Gasteiger partial charge < -0.3 is 24.1 Å². The predicted molar refractivity (Wildman–Crippen MR) is 106 cm³/mol. The van der Waals surface area contributed by atoms with E-state index in [1.54, 1.807) is 26.2 Å². The number of allylic oxidation sites excluding steroid dienone is 1. The summed E-state index contributed by atoms with van der Waals surface area (Å²) in [5, 5.41) is 10.8. The van der Waals surface area contributed by atoms with Crippen molar-refractivity contribution in [3.63, 3.8) is 0 Å². The maximum atomic E-state index is 12.9. The molecule has 0 saturated heterocycles. The van der Waals surface area contributed by atoms with Gasteiger partial charge in [-0.2, -0.15) is 0 Å². The van der Waals surface area contributed by atoms with Crippen LogP contribution in [0.25, 0.3) is 6.08 Å². The largest absolute Gasteiger partial charge is 0.494 e. The molecule has 2 heterocycles. The summed E-state index contributed by atoms with van der Waals surface area (Å²) in [5.41, 5.74) is -1.10. The Morgan fingerprint density at radius 2 is 2.07 bits per heavy atom. The SMILES string of the molecule is CO[C@H](C)/C=C(\C)OC[C@H]1Oc2c(ccc3c2C=CC(C)(C)O3)C(=O)[C@]1(C)O. The third-order valence-electron chi connectivity index (χ3n) is 5.08. The number of methoxy groups -OCH3 is 1. The van der Waals surface area contributed by atoms with Crippen molar-refractivity contribution in [1.82, 2.24) is 0 Å². The summed E-state index contributed by atoms with van der Waals surface area (Å²) in [6.45, 7) is 9.07. The van der Waals surface area contributed by atoms with Crippen LogP contribution in [0.15, 0.2) is 30.0 Å². The molecule has 2 aliphatic rings. The van der Waals surface area contributed by atoms with Crippen LogP contribution in [0, 0.1) is 0 Å². The lowest BCUT2D eigenvalue weighted by Crippen LogP contribution is -2.55. The van der Waals surface area contributed by atoms with Gasteiger partial charge in [-0.15, -0.1) is 0 Å². The van der Waals surface area contributed by atoms with Gasteiger partial charge in [0.2, 0.25) is 5.78 Å². The quantitative estimate of drug-likeness (QED) is 0.778. The minimum atomic E-state index is -1.70. The van der Waals surface area contributed by atoms with Crippen LogP contribution in [-0.4, -0.2) is 48.0 Å². The Kier molecular flexibility index (Phi) is 5.30. The smallest absolute Gasteiger partial charge is 0.201 e.